The van der Waals surface area contributed by atoms with Crippen LogP contribution in [0, 0.1) is 12.7 Å². The van der Waals surface area contributed by atoms with Gasteiger partial charge in [-0.05, 0) is 97.8 Å². The number of carbonyl (C=O) groups is 2. The molecule has 436 valence electrons. The molecule has 17 nitrogen and oxygen atoms in total. The summed E-state index contributed by atoms with van der Waals surface area (Å²) in [4.78, 5) is 50.9. The summed E-state index contributed by atoms with van der Waals surface area (Å²) in [6, 6.07) is 14.8. The Morgan fingerprint density at radius 2 is 1.16 bits per heavy atom. The molecular weight excluding hydrogens is 1120 g/mol. The van der Waals surface area contributed by atoms with Crippen molar-refractivity contribution in [3.63, 3.8) is 0 Å². The number of fused-ring (bicyclic) bond motifs is 2. The maximum atomic E-state index is 14.0. The fraction of sp³-hybridized carbons (Fsp3) is 0.375. The van der Waals surface area contributed by atoms with Gasteiger partial charge in [0.15, 0.2) is 11.6 Å². The molecule has 2 fully saturated rings. The third-order valence-corrected chi connectivity index (χ3v) is 16.7. The molecule has 0 aliphatic carbocycles. The van der Waals surface area contributed by atoms with Gasteiger partial charge in [0.2, 0.25) is 17.8 Å². The number of piperazine rings is 2. The van der Waals surface area contributed by atoms with Gasteiger partial charge in [-0.2, -0.15) is 26.3 Å². The van der Waals surface area contributed by atoms with Crippen LogP contribution in [-0.2, 0) is 21.9 Å². The van der Waals surface area contributed by atoms with Crippen LogP contribution < -0.4 is 38.5 Å². The molecule has 2 saturated heterocycles. The van der Waals surface area contributed by atoms with E-state index in [-0.39, 0.29) is 53.5 Å². The molecule has 3 aromatic heterocycles. The molecule has 6 aromatic rings. The van der Waals surface area contributed by atoms with Gasteiger partial charge in [0.05, 0.1) is 97.0 Å². The number of pyridine rings is 1. The molecule has 3 aromatic carbocycles. The van der Waals surface area contributed by atoms with Crippen molar-refractivity contribution in [3.8, 4) is 23.1 Å². The Kier molecular flexibility index (Phi) is 17.0. The molecule has 26 heteroatoms. The molecule has 0 spiro atoms. The van der Waals surface area contributed by atoms with Gasteiger partial charge in [-0.1, -0.05) is 0 Å². The maximum absolute atomic E-state index is 14.0. The smallest absolute Gasteiger partial charge is 0.416 e. The molecule has 0 radical (unpaired) electrons. The van der Waals surface area contributed by atoms with Gasteiger partial charge >= 0.3 is 24.3 Å². The maximum Gasteiger partial charge on any atom is 0.416 e. The second-order valence-electron chi connectivity index (χ2n) is 19.7. The summed E-state index contributed by atoms with van der Waals surface area (Å²) in [7, 11) is 5.68. The number of hydrogen-bond donors (Lipinski definition) is 2. The number of aryl methyl sites for hydroxylation is 1. The summed E-state index contributed by atoms with van der Waals surface area (Å²) in [5.74, 6) is -0.958. The number of hydrogen-bond acceptors (Lipinski definition) is 17. The Labute approximate surface area is 475 Å². The lowest BCUT2D eigenvalue weighted by molar-refractivity contribution is -0.138. The Hall–Kier alpha value is -8.00. The van der Waals surface area contributed by atoms with E-state index in [4.69, 9.17) is 28.9 Å². The minimum absolute atomic E-state index is 0.0216. The molecule has 82 heavy (non-hydrogen) atoms. The Bertz CT molecular complexity index is 3390. The normalized spacial score (nSPS) is 19.1. The molecule has 4 aliphatic heterocycles. The molecule has 4 unspecified atom stereocenters. The predicted octanol–water partition coefficient (Wildman–Crippen LogP) is 11.9. The SMILES string of the molecule is COc1cc(N2CCN(C3=Nc4c(C)csc4C(CC(=O)O)N3c3cc(C(F)(F)F)ccc3OC)CC2C)ccn1.COc1cc(N2CCN(C3=Nc4ccsc4C(CC(=O)O)N3c3cc(C(F)(F)F)ccc3OC)CC2C)ccc1F. The van der Waals surface area contributed by atoms with E-state index < -0.39 is 53.3 Å². The van der Waals surface area contributed by atoms with Crippen molar-refractivity contribution in [2.45, 2.75) is 70.1 Å². The van der Waals surface area contributed by atoms with E-state index in [2.05, 4.69) is 14.8 Å². The van der Waals surface area contributed by atoms with Crippen LogP contribution in [0.2, 0.25) is 0 Å². The molecule has 0 saturated carbocycles. The van der Waals surface area contributed by atoms with Crippen LogP contribution in [0.15, 0.2) is 99.7 Å². The lowest BCUT2D eigenvalue weighted by Gasteiger charge is -2.47. The first-order valence-electron chi connectivity index (χ1n) is 25.7. The zero-order valence-corrected chi connectivity index (χ0v) is 47.1. The first kappa shape index (κ1) is 58.6. The van der Waals surface area contributed by atoms with Crippen molar-refractivity contribution >= 4 is 80.7 Å². The van der Waals surface area contributed by atoms with E-state index in [1.807, 2.05) is 48.1 Å². The summed E-state index contributed by atoms with van der Waals surface area (Å²) >= 11 is 2.66. The van der Waals surface area contributed by atoms with Gasteiger partial charge < -0.3 is 48.8 Å². The van der Waals surface area contributed by atoms with Crippen LogP contribution in [0.5, 0.6) is 23.1 Å². The van der Waals surface area contributed by atoms with Crippen molar-refractivity contribution in [2.75, 3.05) is 87.3 Å². The van der Waals surface area contributed by atoms with Gasteiger partial charge in [0.1, 0.15) is 11.5 Å². The zero-order chi connectivity index (χ0) is 58.9. The van der Waals surface area contributed by atoms with E-state index in [1.54, 1.807) is 46.7 Å². The summed E-state index contributed by atoms with van der Waals surface area (Å²) in [6.07, 6.45) is -8.25. The number of methoxy groups -OCH3 is 4. The monoisotopic (exact) mass is 1180 g/mol. The van der Waals surface area contributed by atoms with Crippen molar-refractivity contribution in [1.29, 1.82) is 0 Å². The zero-order valence-electron chi connectivity index (χ0n) is 45.5. The number of carboxylic acid groups (broad SMARTS) is 2. The van der Waals surface area contributed by atoms with Crippen LogP contribution in [-0.4, -0.2) is 129 Å². The van der Waals surface area contributed by atoms with Crippen molar-refractivity contribution in [1.82, 2.24) is 14.8 Å². The number of alkyl halides is 6. The molecule has 4 aliphatic rings. The second-order valence-corrected chi connectivity index (χ2v) is 21.6. The first-order chi connectivity index (χ1) is 39.0. The van der Waals surface area contributed by atoms with Gasteiger partial charge in [-0.15, -0.1) is 22.7 Å². The third kappa shape index (κ3) is 12.0. The summed E-state index contributed by atoms with van der Waals surface area (Å²) in [5.41, 5.74) is 2.25. The topological polar surface area (TPSA) is 169 Å². The highest BCUT2D eigenvalue weighted by Gasteiger charge is 2.44. The summed E-state index contributed by atoms with van der Waals surface area (Å²) in [5, 5.41) is 23.4. The molecule has 0 amide bonds. The largest absolute Gasteiger partial charge is 0.495 e. The van der Waals surface area contributed by atoms with Crippen molar-refractivity contribution < 1.29 is 69.5 Å². The van der Waals surface area contributed by atoms with E-state index in [0.29, 0.717) is 78.2 Å². The number of nitrogens with zero attached hydrogens (tertiary/aromatic N) is 9. The number of benzene rings is 3. The number of anilines is 4. The van der Waals surface area contributed by atoms with E-state index in [0.717, 1.165) is 41.2 Å². The number of aliphatic carboxylic acids is 2. The van der Waals surface area contributed by atoms with Crippen LogP contribution in [0.25, 0.3) is 0 Å². The molecular formula is C56H58F7N9O8S2. The highest BCUT2D eigenvalue weighted by Crippen LogP contribution is 2.50. The van der Waals surface area contributed by atoms with Gasteiger partial charge in [-0.25, -0.2) is 19.4 Å². The minimum Gasteiger partial charge on any atom is -0.495 e. The van der Waals surface area contributed by atoms with Crippen LogP contribution >= 0.6 is 22.7 Å². The minimum atomic E-state index is -4.62. The fourth-order valence-electron chi connectivity index (χ4n) is 10.7. The number of rotatable bonds is 12. The molecule has 10 rings (SSSR count). The molecule has 7 heterocycles. The summed E-state index contributed by atoms with van der Waals surface area (Å²) in [6.45, 7) is 8.80. The first-order valence-corrected chi connectivity index (χ1v) is 27.5. The van der Waals surface area contributed by atoms with Crippen LogP contribution in [0.1, 0.15) is 65.2 Å². The number of carboxylic acids is 2. The van der Waals surface area contributed by atoms with Gasteiger partial charge in [-0.3, -0.25) is 19.4 Å². The fourth-order valence-corrected chi connectivity index (χ4v) is 12.7. The van der Waals surface area contributed by atoms with Crippen molar-refractivity contribution in [2.24, 2.45) is 9.98 Å². The Morgan fingerprint density at radius 3 is 1.66 bits per heavy atom. The third-order valence-electron chi connectivity index (χ3n) is 14.5. The highest BCUT2D eigenvalue weighted by molar-refractivity contribution is 7.11. The Balaban J connectivity index is 0.000000198. The van der Waals surface area contributed by atoms with Gasteiger partial charge in [0.25, 0.3) is 0 Å². The van der Waals surface area contributed by atoms with E-state index >= 15 is 0 Å². The van der Waals surface area contributed by atoms with Crippen LogP contribution in [0.3, 0.4) is 0 Å². The lowest BCUT2D eigenvalue weighted by Crippen LogP contribution is -2.58. The second kappa shape index (κ2) is 23.8. The quantitative estimate of drug-likeness (QED) is 0.111. The highest BCUT2D eigenvalue weighted by atomic mass is 32.1. The molecule has 2 N–H and O–H groups in total. The number of halogens is 7. The van der Waals surface area contributed by atoms with E-state index in [9.17, 15) is 50.5 Å². The Morgan fingerprint density at radius 1 is 0.634 bits per heavy atom. The predicted molar refractivity (Wildman–Crippen MR) is 299 cm³/mol. The molecule has 4 atom stereocenters. The van der Waals surface area contributed by atoms with Crippen LogP contribution in [0.4, 0.5) is 64.9 Å². The number of guanidine groups is 2. The average Bonchev–Trinajstić information content (AvgIpc) is 2.44. The van der Waals surface area contributed by atoms with E-state index in [1.165, 1.54) is 62.2 Å². The average molecular weight is 1180 g/mol. The summed E-state index contributed by atoms with van der Waals surface area (Å²) < 4.78 is 119. The molecule has 0 bridgehead atoms. The lowest BCUT2D eigenvalue weighted by atomic mass is 10.0. The van der Waals surface area contributed by atoms with Gasteiger partial charge in [0, 0.05) is 81.1 Å². The number of ether oxygens (including phenoxy) is 4. The number of aliphatic imine (C=N–C) groups is 2. The number of aromatic nitrogens is 1. The standard InChI is InChI=1S/C28H28F4N4O4S.C28H30F3N5O4S/c1-16-15-34(9-10-35(16)18-5-6-19(29)24(13-18)40-3)27-33-20-8-11-41-26(20)22(14-25(37)38)36(27)21-12-17(28(30,31)32)4-7-23(21)39-2;1-16-15-41-26-21(13-24(37)38)36(20-11-18(28(29,30)31)5-6-22(20)39-3)27(33-25(16)26)34-9-10-35(17(2)14-34)19-7-8-32-23(12-19)40-4/h4-8,11-13,16,22H,9-10,14-15H2,1-3H3,(H,37,38);5-8,11-12,15,17,21H,9-10,13-14H2,1-4H3,(H,37,38). The number of thiophene rings is 2. The van der Waals surface area contributed by atoms with Crippen molar-refractivity contribution in [3.05, 3.63) is 122 Å².